The molecule has 3 rings (SSSR count). The summed E-state index contributed by atoms with van der Waals surface area (Å²) in [7, 11) is 0. The number of anilines is 2. The summed E-state index contributed by atoms with van der Waals surface area (Å²) < 4.78 is 80.1. The van der Waals surface area contributed by atoms with Gasteiger partial charge >= 0.3 is 36.0 Å². The summed E-state index contributed by atoms with van der Waals surface area (Å²) in [6.45, 7) is 2.87. The molecule has 0 aliphatic carbocycles. The van der Waals surface area contributed by atoms with Gasteiger partial charge in [-0.3, -0.25) is 19.2 Å². The molecule has 2 aromatic carbocycles. The third-order valence-corrected chi connectivity index (χ3v) is 5.30. The Balaban J connectivity index is 1.61. The zero-order valence-corrected chi connectivity index (χ0v) is 22.0. The molecule has 0 aliphatic rings. The van der Waals surface area contributed by atoms with Gasteiger partial charge in [0.05, 0.1) is 11.4 Å². The Hall–Kier alpha value is -5.48. The lowest BCUT2D eigenvalue weighted by atomic mass is 10.1. The number of amides is 4. The zero-order valence-electron chi connectivity index (χ0n) is 22.0. The molecule has 0 unspecified atom stereocenters. The molecular formula is C26H20F6N6O5. The van der Waals surface area contributed by atoms with Crippen LogP contribution in [0.15, 0.2) is 75.3 Å². The number of furan rings is 1. The van der Waals surface area contributed by atoms with Crippen LogP contribution < -0.4 is 21.5 Å². The molecule has 11 nitrogen and oxygen atoms in total. The van der Waals surface area contributed by atoms with Crippen molar-refractivity contribution in [1.82, 2.24) is 10.9 Å². The number of hydrogen-bond acceptors (Lipinski definition) is 7. The molecule has 0 saturated carbocycles. The highest BCUT2D eigenvalue weighted by Crippen LogP contribution is 2.20. The summed E-state index contributed by atoms with van der Waals surface area (Å²) in [5, 5.41) is 11.1. The second-order valence-electron chi connectivity index (χ2n) is 8.51. The number of hydrazone groups is 2. The van der Waals surface area contributed by atoms with Gasteiger partial charge < -0.3 is 15.1 Å². The van der Waals surface area contributed by atoms with Crippen molar-refractivity contribution in [2.24, 2.45) is 10.2 Å². The van der Waals surface area contributed by atoms with Crippen LogP contribution in [0, 0.1) is 0 Å². The van der Waals surface area contributed by atoms with Crippen LogP contribution in [-0.2, 0) is 9.59 Å². The minimum absolute atomic E-state index is 0.152. The molecule has 0 fully saturated rings. The van der Waals surface area contributed by atoms with Crippen molar-refractivity contribution in [3.8, 4) is 0 Å². The Morgan fingerprint density at radius 2 is 1.00 bits per heavy atom. The monoisotopic (exact) mass is 610 g/mol. The molecular weight excluding hydrogens is 590 g/mol. The lowest BCUT2D eigenvalue weighted by molar-refractivity contribution is -0.167. The molecule has 0 radical (unpaired) electrons. The van der Waals surface area contributed by atoms with Gasteiger partial charge in [0.2, 0.25) is 0 Å². The number of nitrogens with one attached hydrogen (secondary N) is 4. The summed E-state index contributed by atoms with van der Waals surface area (Å²) >= 11 is 0. The SMILES string of the molecule is C/C(=N\NC(=O)c1ccc(C(=O)N/N=C(\C)c2cccc(NC(=O)C(F)(F)F)c2)o1)c1cccc(NC(=O)C(F)(F)F)c1. The number of rotatable bonds is 8. The quantitative estimate of drug-likeness (QED) is 0.167. The van der Waals surface area contributed by atoms with Crippen molar-refractivity contribution in [2.75, 3.05) is 10.6 Å². The molecule has 0 aliphatic heterocycles. The van der Waals surface area contributed by atoms with Gasteiger partial charge in [0.25, 0.3) is 0 Å². The lowest BCUT2D eigenvalue weighted by Crippen LogP contribution is -2.29. The number of hydrogen-bond donors (Lipinski definition) is 4. The van der Waals surface area contributed by atoms with Crippen LogP contribution in [0.5, 0.6) is 0 Å². The van der Waals surface area contributed by atoms with Crippen molar-refractivity contribution in [2.45, 2.75) is 26.2 Å². The first-order valence-corrected chi connectivity index (χ1v) is 11.8. The van der Waals surface area contributed by atoms with E-state index in [1.165, 1.54) is 62.4 Å². The summed E-state index contributed by atoms with van der Waals surface area (Å²) in [6.07, 6.45) is -10.2. The van der Waals surface area contributed by atoms with Gasteiger partial charge in [0.15, 0.2) is 11.5 Å². The number of halogens is 6. The number of alkyl halides is 6. The number of carbonyl (C=O) groups excluding carboxylic acids is 4. The molecule has 43 heavy (non-hydrogen) atoms. The fraction of sp³-hybridized carbons (Fsp3) is 0.154. The van der Waals surface area contributed by atoms with Crippen LogP contribution in [0.2, 0.25) is 0 Å². The van der Waals surface area contributed by atoms with Crippen molar-refractivity contribution in [1.29, 1.82) is 0 Å². The van der Waals surface area contributed by atoms with E-state index in [1.807, 2.05) is 0 Å². The maximum Gasteiger partial charge on any atom is 0.471 e. The van der Waals surface area contributed by atoms with Gasteiger partial charge in [-0.15, -0.1) is 0 Å². The molecule has 1 heterocycles. The van der Waals surface area contributed by atoms with Crippen molar-refractivity contribution >= 4 is 46.4 Å². The van der Waals surface area contributed by atoms with Crippen molar-refractivity contribution in [3.63, 3.8) is 0 Å². The van der Waals surface area contributed by atoms with Gasteiger partial charge in [0, 0.05) is 11.4 Å². The smallest absolute Gasteiger partial charge is 0.446 e. The van der Waals surface area contributed by atoms with Crippen LogP contribution in [0.1, 0.15) is 46.1 Å². The minimum atomic E-state index is -5.08. The van der Waals surface area contributed by atoms with Gasteiger partial charge in [-0.25, -0.2) is 10.9 Å². The molecule has 4 amide bonds. The van der Waals surface area contributed by atoms with E-state index in [2.05, 4.69) is 21.1 Å². The normalized spacial score (nSPS) is 12.4. The topological polar surface area (TPSA) is 154 Å². The summed E-state index contributed by atoms with van der Waals surface area (Å²) in [6, 6.07) is 12.9. The van der Waals surface area contributed by atoms with Crippen LogP contribution in [0.25, 0.3) is 0 Å². The molecule has 1 aromatic heterocycles. The van der Waals surface area contributed by atoms with Gasteiger partial charge in [-0.1, -0.05) is 24.3 Å². The van der Waals surface area contributed by atoms with Crippen molar-refractivity contribution < 1.29 is 49.9 Å². The summed E-state index contributed by atoms with van der Waals surface area (Å²) in [5.74, 6) is -6.73. The van der Waals surface area contributed by atoms with Gasteiger partial charge in [0.1, 0.15) is 0 Å². The first kappa shape index (κ1) is 32.0. The predicted octanol–water partition coefficient (Wildman–Crippen LogP) is 4.59. The standard InChI is InChI=1S/C26H20F6N6O5/c1-13(15-5-3-7-17(11-15)33-23(41)25(27,28)29)35-37-21(39)19-9-10-20(43-19)22(40)38-36-14(2)16-6-4-8-18(12-16)34-24(42)26(30,31)32/h3-12H,1-2H3,(H,33,41)(H,34,42)(H,37,39)(H,38,40)/b35-13+,36-14+. The van der Waals surface area contributed by atoms with Crippen LogP contribution in [-0.4, -0.2) is 47.4 Å². The molecule has 226 valence electrons. The first-order chi connectivity index (χ1) is 20.0. The molecule has 17 heteroatoms. The highest BCUT2D eigenvalue weighted by Gasteiger charge is 2.39. The van der Waals surface area contributed by atoms with E-state index in [0.717, 1.165) is 12.1 Å². The van der Waals surface area contributed by atoms with Gasteiger partial charge in [-0.2, -0.15) is 36.5 Å². The minimum Gasteiger partial charge on any atom is -0.446 e. The maximum absolute atomic E-state index is 12.5. The predicted molar refractivity (Wildman–Crippen MR) is 140 cm³/mol. The van der Waals surface area contributed by atoms with E-state index in [4.69, 9.17) is 4.42 Å². The third-order valence-electron chi connectivity index (χ3n) is 5.30. The summed E-state index contributed by atoms with van der Waals surface area (Å²) in [5.41, 5.74) is 4.90. The summed E-state index contributed by atoms with van der Waals surface area (Å²) in [4.78, 5) is 47.1. The molecule has 4 N–H and O–H groups in total. The van der Waals surface area contributed by atoms with Crippen LogP contribution in [0.4, 0.5) is 37.7 Å². The van der Waals surface area contributed by atoms with E-state index in [1.54, 1.807) is 10.6 Å². The Morgan fingerprint density at radius 3 is 1.35 bits per heavy atom. The zero-order chi connectivity index (χ0) is 31.9. The molecule has 0 saturated heterocycles. The highest BCUT2D eigenvalue weighted by atomic mass is 19.4. The van der Waals surface area contributed by atoms with Crippen molar-refractivity contribution in [3.05, 3.63) is 83.3 Å². The molecule has 0 bridgehead atoms. The second kappa shape index (κ2) is 13.0. The molecule has 0 spiro atoms. The van der Waals surface area contributed by atoms with Gasteiger partial charge in [-0.05, 0) is 61.4 Å². The number of carbonyl (C=O) groups is 4. The van der Waals surface area contributed by atoms with E-state index in [0.29, 0.717) is 0 Å². The number of nitrogens with zero attached hydrogens (tertiary/aromatic N) is 2. The van der Waals surface area contributed by atoms with Crippen LogP contribution in [0.3, 0.4) is 0 Å². The average molecular weight is 610 g/mol. The van der Waals surface area contributed by atoms with E-state index in [9.17, 15) is 45.5 Å². The first-order valence-electron chi connectivity index (χ1n) is 11.8. The second-order valence-corrected chi connectivity index (χ2v) is 8.51. The van der Waals surface area contributed by atoms with Crippen LogP contribution >= 0.6 is 0 Å². The average Bonchev–Trinajstić information content (AvgIpc) is 3.44. The Labute approximate surface area is 238 Å². The van der Waals surface area contributed by atoms with E-state index in [-0.39, 0.29) is 45.4 Å². The maximum atomic E-state index is 12.5. The Bertz CT molecular complexity index is 1490. The van der Waals surface area contributed by atoms with E-state index < -0.39 is 36.0 Å². The third kappa shape index (κ3) is 9.00. The largest absolute Gasteiger partial charge is 0.471 e. The fourth-order valence-electron chi connectivity index (χ4n) is 3.14. The lowest BCUT2D eigenvalue weighted by Gasteiger charge is -2.09. The Morgan fingerprint density at radius 1 is 0.628 bits per heavy atom. The fourth-order valence-corrected chi connectivity index (χ4v) is 3.14. The van der Waals surface area contributed by atoms with E-state index >= 15 is 0 Å². The molecule has 0 atom stereocenters. The highest BCUT2D eigenvalue weighted by molar-refractivity contribution is 6.04. The molecule has 3 aromatic rings. The Kier molecular flexibility index (Phi) is 9.69. The number of benzene rings is 2.